The van der Waals surface area contributed by atoms with Gasteiger partial charge < -0.3 is 5.73 Å². The molecule has 0 atom stereocenters. The number of hydrogen-bond donors (Lipinski definition) is 1. The first kappa shape index (κ1) is 8.95. The molecular formula is C8H14N2. The average Bonchev–Trinajstić information content (AvgIpc) is 1.87. The molecular weight excluding hydrogens is 124 g/mol. The molecule has 0 heterocycles. The van der Waals surface area contributed by atoms with Gasteiger partial charge in [-0.1, -0.05) is 6.58 Å². The molecule has 0 radical (unpaired) electrons. The van der Waals surface area contributed by atoms with Crippen LogP contribution < -0.4 is 5.73 Å². The van der Waals surface area contributed by atoms with Crippen molar-refractivity contribution in [2.75, 3.05) is 0 Å². The number of hydrogen-bond acceptors (Lipinski definition) is 2. The third-order valence-electron chi connectivity index (χ3n) is 1.42. The molecule has 0 aliphatic rings. The van der Waals surface area contributed by atoms with Crippen molar-refractivity contribution in [3.05, 3.63) is 24.0 Å². The Labute approximate surface area is 62.1 Å². The van der Waals surface area contributed by atoms with Crippen molar-refractivity contribution < 1.29 is 0 Å². The molecule has 56 valence electrons. The Morgan fingerprint density at radius 2 is 1.90 bits per heavy atom. The number of aliphatic imine (C=N–C) groups is 1. The lowest BCUT2D eigenvalue weighted by Crippen LogP contribution is -2.02. The lowest BCUT2D eigenvalue weighted by atomic mass is 10.2. The van der Waals surface area contributed by atoms with Crippen molar-refractivity contribution in [3.8, 4) is 0 Å². The molecule has 0 spiro atoms. The molecule has 0 aromatic carbocycles. The predicted molar refractivity (Wildman–Crippen MR) is 45.9 cm³/mol. The van der Waals surface area contributed by atoms with E-state index >= 15 is 0 Å². The minimum Gasteiger partial charge on any atom is -0.402 e. The van der Waals surface area contributed by atoms with Gasteiger partial charge in [0, 0.05) is 17.6 Å². The summed E-state index contributed by atoms with van der Waals surface area (Å²) in [6, 6.07) is 0. The van der Waals surface area contributed by atoms with E-state index in [1.807, 2.05) is 20.8 Å². The highest BCUT2D eigenvalue weighted by molar-refractivity contribution is 5.98. The van der Waals surface area contributed by atoms with Gasteiger partial charge in [0.15, 0.2) is 0 Å². The van der Waals surface area contributed by atoms with E-state index in [1.165, 1.54) is 6.20 Å². The standard InChI is InChI=1S/C8H14N2/c1-5-10-8(4)6(2)7(3)9/h5H,1,9H2,2-4H3/b7-6-,10-8-. The van der Waals surface area contributed by atoms with Crippen LogP contribution in [0.3, 0.4) is 0 Å². The predicted octanol–water partition coefficient (Wildman–Crippen LogP) is 1.84. The second-order valence-electron chi connectivity index (χ2n) is 2.21. The molecule has 2 N–H and O–H groups in total. The van der Waals surface area contributed by atoms with Gasteiger partial charge in [-0.2, -0.15) is 0 Å². The fourth-order valence-corrected chi connectivity index (χ4v) is 0.519. The lowest BCUT2D eigenvalue weighted by Gasteiger charge is -2.00. The largest absolute Gasteiger partial charge is 0.402 e. The van der Waals surface area contributed by atoms with Crippen LogP contribution in [0.4, 0.5) is 0 Å². The van der Waals surface area contributed by atoms with Crippen LogP contribution >= 0.6 is 0 Å². The molecule has 10 heavy (non-hydrogen) atoms. The van der Waals surface area contributed by atoms with Crippen LogP contribution in [0.5, 0.6) is 0 Å². The third-order valence-corrected chi connectivity index (χ3v) is 1.42. The molecule has 0 rings (SSSR count). The van der Waals surface area contributed by atoms with E-state index in [-0.39, 0.29) is 0 Å². The van der Waals surface area contributed by atoms with Crippen LogP contribution in [0.1, 0.15) is 20.8 Å². The number of nitrogens with two attached hydrogens (primary N) is 1. The lowest BCUT2D eigenvalue weighted by molar-refractivity contribution is 1.25. The summed E-state index contributed by atoms with van der Waals surface area (Å²) in [4.78, 5) is 3.99. The highest BCUT2D eigenvalue weighted by atomic mass is 14.7. The molecule has 0 aliphatic heterocycles. The summed E-state index contributed by atoms with van der Waals surface area (Å²) in [6.45, 7) is 9.20. The molecule has 0 unspecified atom stereocenters. The van der Waals surface area contributed by atoms with Crippen molar-refractivity contribution >= 4 is 5.71 Å². The van der Waals surface area contributed by atoms with Gasteiger partial charge >= 0.3 is 0 Å². The van der Waals surface area contributed by atoms with Gasteiger partial charge in [-0.3, -0.25) is 4.99 Å². The van der Waals surface area contributed by atoms with E-state index in [2.05, 4.69) is 11.6 Å². The van der Waals surface area contributed by atoms with Gasteiger partial charge in [-0.25, -0.2) is 0 Å². The first-order valence-corrected chi connectivity index (χ1v) is 3.18. The van der Waals surface area contributed by atoms with Gasteiger partial charge in [0.2, 0.25) is 0 Å². The Morgan fingerprint density at radius 1 is 1.40 bits per heavy atom. The van der Waals surface area contributed by atoms with Gasteiger partial charge in [-0.05, 0) is 26.3 Å². The second kappa shape index (κ2) is 3.88. The topological polar surface area (TPSA) is 38.4 Å². The van der Waals surface area contributed by atoms with E-state index < -0.39 is 0 Å². The number of rotatable bonds is 2. The maximum absolute atomic E-state index is 5.53. The van der Waals surface area contributed by atoms with Crippen molar-refractivity contribution in [3.63, 3.8) is 0 Å². The first-order chi connectivity index (χ1) is 4.59. The van der Waals surface area contributed by atoms with Crippen LogP contribution in [0.2, 0.25) is 0 Å². The smallest absolute Gasteiger partial charge is 0.0418 e. The van der Waals surface area contributed by atoms with E-state index in [4.69, 9.17) is 5.73 Å². The molecule has 0 saturated carbocycles. The molecule has 0 fully saturated rings. The Hall–Kier alpha value is -1.05. The number of nitrogens with zero attached hydrogens (tertiary/aromatic N) is 1. The average molecular weight is 138 g/mol. The monoisotopic (exact) mass is 138 g/mol. The molecule has 2 nitrogen and oxygen atoms in total. The summed E-state index contributed by atoms with van der Waals surface area (Å²) in [5.41, 5.74) is 8.29. The minimum atomic E-state index is 0.808. The van der Waals surface area contributed by atoms with Crippen molar-refractivity contribution in [2.24, 2.45) is 10.7 Å². The summed E-state index contributed by atoms with van der Waals surface area (Å²) in [7, 11) is 0. The molecule has 2 heteroatoms. The zero-order valence-electron chi connectivity index (χ0n) is 6.81. The summed E-state index contributed by atoms with van der Waals surface area (Å²) < 4.78 is 0. The summed E-state index contributed by atoms with van der Waals surface area (Å²) in [5.74, 6) is 0. The van der Waals surface area contributed by atoms with Crippen LogP contribution in [0.25, 0.3) is 0 Å². The van der Waals surface area contributed by atoms with E-state index in [0.29, 0.717) is 0 Å². The van der Waals surface area contributed by atoms with Crippen LogP contribution in [-0.4, -0.2) is 5.71 Å². The van der Waals surface area contributed by atoms with Gasteiger partial charge in [0.05, 0.1) is 0 Å². The highest BCUT2D eigenvalue weighted by Gasteiger charge is 1.94. The van der Waals surface area contributed by atoms with Crippen LogP contribution in [0, 0.1) is 0 Å². The molecule has 0 aliphatic carbocycles. The Kier molecular flexibility index (Phi) is 3.47. The quantitative estimate of drug-likeness (QED) is 0.581. The molecule has 0 aromatic heterocycles. The molecule has 0 bridgehead atoms. The van der Waals surface area contributed by atoms with Crippen LogP contribution in [-0.2, 0) is 0 Å². The SMILES string of the molecule is C=C/N=C(C)\C(C)=C(\C)N. The summed E-state index contributed by atoms with van der Waals surface area (Å²) in [6.07, 6.45) is 1.52. The molecule has 0 saturated heterocycles. The van der Waals surface area contributed by atoms with E-state index in [9.17, 15) is 0 Å². The second-order valence-corrected chi connectivity index (χ2v) is 2.21. The van der Waals surface area contributed by atoms with Crippen LogP contribution in [0.15, 0.2) is 29.0 Å². The van der Waals surface area contributed by atoms with E-state index in [0.717, 1.165) is 17.0 Å². The number of allylic oxidation sites excluding steroid dienone is 2. The first-order valence-electron chi connectivity index (χ1n) is 3.18. The maximum Gasteiger partial charge on any atom is 0.0418 e. The third kappa shape index (κ3) is 2.49. The van der Waals surface area contributed by atoms with Crippen molar-refractivity contribution in [1.29, 1.82) is 0 Å². The van der Waals surface area contributed by atoms with Crippen molar-refractivity contribution in [2.45, 2.75) is 20.8 Å². The fraction of sp³-hybridized carbons (Fsp3) is 0.375. The maximum atomic E-state index is 5.53. The Morgan fingerprint density at radius 3 is 2.20 bits per heavy atom. The summed E-state index contributed by atoms with van der Waals surface area (Å²) in [5, 5.41) is 0. The normalized spacial score (nSPS) is 14.5. The van der Waals surface area contributed by atoms with Crippen molar-refractivity contribution in [1.82, 2.24) is 0 Å². The zero-order chi connectivity index (χ0) is 8.15. The molecule has 0 amide bonds. The fourth-order valence-electron chi connectivity index (χ4n) is 0.519. The Balaban J connectivity index is 4.51. The van der Waals surface area contributed by atoms with Gasteiger partial charge in [0.25, 0.3) is 0 Å². The summed E-state index contributed by atoms with van der Waals surface area (Å²) >= 11 is 0. The highest BCUT2D eigenvalue weighted by Crippen LogP contribution is 1.99. The van der Waals surface area contributed by atoms with Gasteiger partial charge in [0.1, 0.15) is 0 Å². The Bertz CT molecular complexity index is 183. The molecule has 0 aromatic rings. The minimum absolute atomic E-state index is 0.808. The zero-order valence-corrected chi connectivity index (χ0v) is 6.81. The van der Waals surface area contributed by atoms with E-state index in [1.54, 1.807) is 0 Å². The van der Waals surface area contributed by atoms with Gasteiger partial charge in [-0.15, -0.1) is 0 Å².